The lowest BCUT2D eigenvalue weighted by Crippen LogP contribution is -2.45. The topological polar surface area (TPSA) is 258 Å². The zero-order valence-corrected chi connectivity index (χ0v) is 49.0. The van der Waals surface area contributed by atoms with Crippen molar-refractivity contribution in [3.63, 3.8) is 0 Å². The summed E-state index contributed by atoms with van der Waals surface area (Å²) in [7, 11) is 0. The number of halogens is 4. The molecule has 5 N–H and O–H groups in total. The van der Waals surface area contributed by atoms with E-state index in [0.717, 1.165) is 22.0 Å². The first-order valence-electron chi connectivity index (χ1n) is 26.5. The van der Waals surface area contributed by atoms with E-state index in [0.29, 0.717) is 40.7 Å². The Morgan fingerprint density at radius 1 is 0.593 bits per heavy atom. The van der Waals surface area contributed by atoms with Gasteiger partial charge >= 0.3 is 6.15 Å². The number of fused-ring (bicyclic) bond motifs is 2. The molecule has 0 saturated carbocycles. The van der Waals surface area contributed by atoms with Crippen LogP contribution in [0.5, 0.6) is 0 Å². The molecule has 23 heteroatoms. The lowest BCUT2D eigenvalue weighted by molar-refractivity contribution is -0.191. The van der Waals surface area contributed by atoms with Gasteiger partial charge in [-0.1, -0.05) is 85.2 Å². The van der Waals surface area contributed by atoms with Crippen molar-refractivity contribution in [2.75, 3.05) is 13.1 Å². The Labute approximate surface area is 506 Å². The van der Waals surface area contributed by atoms with Crippen LogP contribution in [0, 0.1) is 11.6 Å². The Hall–Kier alpha value is -9.27. The second-order valence-electron chi connectivity index (χ2n) is 19.6. The largest absolute Gasteiger partial charge is 0.373 e. The number of nitrogens with two attached hydrogens (primary N) is 1. The van der Waals surface area contributed by atoms with E-state index in [1.165, 1.54) is 47.9 Å². The van der Waals surface area contributed by atoms with Crippen LogP contribution in [0.4, 0.5) is 8.78 Å². The normalized spacial score (nSPS) is 10.4. The Morgan fingerprint density at radius 2 is 1.05 bits per heavy atom. The van der Waals surface area contributed by atoms with E-state index < -0.39 is 23.4 Å². The Morgan fingerprint density at radius 3 is 1.48 bits per heavy atom. The molecule has 0 bridgehead atoms. The molecule has 0 aliphatic heterocycles. The number of Topliss-reactive ketones (excluding diaryl/α,β-unsaturated/α-hetero) is 2. The Bertz CT molecular complexity index is 3690. The van der Waals surface area contributed by atoms with Gasteiger partial charge in [0.15, 0.2) is 11.6 Å². The Kier molecular flexibility index (Phi) is 27.3. The number of hydrogen-bond acceptors (Lipinski definition) is 12. The number of hydrogen-bond donors (Lipinski definition) is 4. The first-order valence-corrected chi connectivity index (χ1v) is 27.3. The van der Waals surface area contributed by atoms with Gasteiger partial charge in [-0.25, -0.2) is 8.78 Å². The van der Waals surface area contributed by atoms with Crippen molar-refractivity contribution in [3.05, 3.63) is 201 Å². The van der Waals surface area contributed by atoms with Gasteiger partial charge in [0.1, 0.15) is 24.7 Å². The number of rotatable bonds is 20. The fourth-order valence-electron chi connectivity index (χ4n) is 8.58. The molecule has 452 valence electrons. The average molecular weight is 1220 g/mol. The number of carbonyl (C=O) groups is 7. The molecule has 5 amide bonds. The van der Waals surface area contributed by atoms with Crippen LogP contribution in [0.3, 0.4) is 0 Å². The second kappa shape index (κ2) is 33.9. The number of para-hydroxylation sites is 1. The molecule has 4 aromatic heterocycles. The van der Waals surface area contributed by atoms with Crippen molar-refractivity contribution in [2.45, 2.75) is 100 Å². The highest BCUT2D eigenvalue weighted by molar-refractivity contribution is 6.31. The summed E-state index contributed by atoms with van der Waals surface area (Å²) < 4.78 is 31.6. The average Bonchev–Trinajstić information content (AvgIpc) is 3.69. The minimum atomic E-state index is -0.605. The van der Waals surface area contributed by atoms with E-state index in [4.69, 9.17) is 38.5 Å². The maximum absolute atomic E-state index is 14.2. The number of pyridine rings is 2. The van der Waals surface area contributed by atoms with Gasteiger partial charge in [-0.05, 0) is 101 Å². The van der Waals surface area contributed by atoms with Crippen LogP contribution in [-0.2, 0) is 68.0 Å². The van der Waals surface area contributed by atoms with Crippen LogP contribution >= 0.6 is 23.2 Å². The summed E-state index contributed by atoms with van der Waals surface area (Å²) in [5.41, 5.74) is 10.4. The number of ketones is 2. The molecule has 0 saturated heterocycles. The number of carbonyl (C=O) groups excluding carboxylic acids is 9. The van der Waals surface area contributed by atoms with Crippen molar-refractivity contribution in [1.29, 1.82) is 0 Å². The maximum atomic E-state index is 14.2. The van der Waals surface area contributed by atoms with E-state index >= 15 is 0 Å². The zero-order valence-electron chi connectivity index (χ0n) is 47.5. The highest BCUT2D eigenvalue weighted by atomic mass is 35.5. The van der Waals surface area contributed by atoms with Gasteiger partial charge in [-0.2, -0.15) is 9.59 Å². The number of nitrogens with zero attached hydrogens (tertiary/aromatic N) is 6. The maximum Gasteiger partial charge on any atom is 0.373 e. The third-order valence-electron chi connectivity index (χ3n) is 13.0. The van der Waals surface area contributed by atoms with Gasteiger partial charge in [-0.3, -0.25) is 43.5 Å². The van der Waals surface area contributed by atoms with Gasteiger partial charge in [0.05, 0.1) is 23.1 Å². The molecule has 0 fully saturated rings. The Balaban J connectivity index is 0.000000317. The number of benzene rings is 4. The van der Waals surface area contributed by atoms with Gasteiger partial charge < -0.3 is 40.6 Å². The van der Waals surface area contributed by atoms with Gasteiger partial charge in [0.25, 0.3) is 5.91 Å². The summed E-state index contributed by atoms with van der Waals surface area (Å²) in [5.74, 6) is -3.27. The van der Waals surface area contributed by atoms with Crippen LogP contribution in [0.1, 0.15) is 102 Å². The molecule has 8 aromatic rings. The third kappa shape index (κ3) is 19.7. The van der Waals surface area contributed by atoms with Crippen molar-refractivity contribution >= 4 is 92.3 Å². The van der Waals surface area contributed by atoms with Crippen molar-refractivity contribution < 1.29 is 51.9 Å². The summed E-state index contributed by atoms with van der Waals surface area (Å²) in [5, 5.41) is 9.38. The minimum absolute atomic E-state index is 0. The molecular formula is C63H68Cl2F2N10O9. The molecular weight excluding hydrogens is 1150 g/mol. The summed E-state index contributed by atoms with van der Waals surface area (Å²) in [6, 6.07) is 28.4. The molecule has 0 unspecified atom stereocenters. The zero-order chi connectivity index (χ0) is 62.3. The monoisotopic (exact) mass is 1220 g/mol. The highest BCUT2D eigenvalue weighted by Crippen LogP contribution is 2.26. The summed E-state index contributed by atoms with van der Waals surface area (Å²) in [4.78, 5) is 116. The van der Waals surface area contributed by atoms with E-state index in [-0.39, 0.29) is 115 Å². The molecule has 86 heavy (non-hydrogen) atoms. The third-order valence-corrected chi connectivity index (χ3v) is 13.6. The quantitative estimate of drug-likeness (QED) is 0.0521. The first-order chi connectivity index (χ1) is 40.6. The van der Waals surface area contributed by atoms with Crippen LogP contribution in [0.2, 0.25) is 10.0 Å². The van der Waals surface area contributed by atoms with E-state index in [1.807, 2.05) is 56.3 Å². The van der Waals surface area contributed by atoms with E-state index in [2.05, 4.69) is 25.9 Å². The first kappa shape index (κ1) is 69.2. The summed E-state index contributed by atoms with van der Waals surface area (Å²) in [6.07, 6.45) is 10.3. The molecule has 4 aromatic carbocycles. The number of nitrogens with one attached hydrogen (secondary N) is 3. The molecule has 0 radical (unpaired) electrons. The number of amides is 5. The van der Waals surface area contributed by atoms with Crippen LogP contribution in [-0.4, -0.2) is 101 Å². The lowest BCUT2D eigenvalue weighted by atomic mass is 10.1. The van der Waals surface area contributed by atoms with Crippen molar-refractivity contribution in [3.8, 4) is 0 Å². The molecule has 19 nitrogen and oxygen atoms in total. The fourth-order valence-corrected chi connectivity index (χ4v) is 8.97. The summed E-state index contributed by atoms with van der Waals surface area (Å²) >= 11 is 11.6. The summed E-state index contributed by atoms with van der Waals surface area (Å²) in [6.45, 7) is 10.3. The van der Waals surface area contributed by atoms with E-state index in [9.17, 15) is 42.3 Å². The smallest absolute Gasteiger partial charge is 0.350 e. The molecule has 0 atom stereocenters. The molecule has 8 rings (SSSR count). The predicted octanol–water partition coefficient (Wildman–Crippen LogP) is 9.30. The predicted molar refractivity (Wildman–Crippen MR) is 323 cm³/mol. The SMILES string of the molecule is C.CC(=O)c1cn(CC(=O)N(CC(=O)NCc2cccc(Cl)c2F)C(C)C)c2ccc(C(=O)NCc3cccnc3)cc12.CC(=O)c1cn(CC(=O)N(CC(=O)NCc2cccc(Cl)c2F)C(C)C)c2ccccc12.NCc1cccnc1.O=C=O. The number of aromatic nitrogens is 4. The van der Waals surface area contributed by atoms with E-state index in [1.54, 1.807) is 96.6 Å². The van der Waals surface area contributed by atoms with Gasteiger partial charge in [-0.15, -0.1) is 0 Å². The molecule has 4 heterocycles. The van der Waals surface area contributed by atoms with Gasteiger partial charge in [0, 0.05) is 125 Å². The molecule has 0 aliphatic rings. The molecule has 0 aliphatic carbocycles. The van der Waals surface area contributed by atoms with Crippen LogP contribution < -0.4 is 21.7 Å². The standard InChI is InChI=1S/C31H31ClFN5O4.C24H25ClFN3O3.C6H8N2.CO2.CH4/c1-19(2)38(17-28(40)35-15-23-7-4-8-26(32)30(23)33)29(41)18-37-16-25(20(3)39)24-12-22(9-10-27(24)37)31(42)36-14-21-6-5-11-34-13-21;1-15(2)29(13-22(31)27-11-17-7-6-9-20(25)24(17)26)23(32)14-28-12-19(16(3)30)18-8-4-5-10-21(18)28;7-4-6-2-1-3-8-5-6;2-1-3;/h4-13,16,19H,14-15,17-18H2,1-3H3,(H,35,40)(H,36,42);4-10,12,15H,11,13-14H2,1-3H3,(H,27,31);1-3,5H,4,7H2;;1H4. The fraction of sp³-hybridized carbons (Fsp3) is 0.270. The van der Waals surface area contributed by atoms with Gasteiger partial charge in [0.2, 0.25) is 23.6 Å². The van der Waals surface area contributed by atoms with Crippen molar-refractivity contribution in [2.24, 2.45) is 5.73 Å². The van der Waals surface area contributed by atoms with Crippen LogP contribution in [0.25, 0.3) is 21.8 Å². The highest BCUT2D eigenvalue weighted by Gasteiger charge is 2.25. The molecule has 0 spiro atoms. The second-order valence-corrected chi connectivity index (χ2v) is 20.4. The minimum Gasteiger partial charge on any atom is -0.350 e. The van der Waals surface area contributed by atoms with Crippen molar-refractivity contribution in [1.82, 2.24) is 44.9 Å². The lowest BCUT2D eigenvalue weighted by Gasteiger charge is -2.26. The van der Waals surface area contributed by atoms with Crippen LogP contribution in [0.15, 0.2) is 140 Å².